The Kier molecular flexibility index (Phi) is 5.96. The average molecular weight is 240 g/mol. The molecule has 1 amide bonds. The molecule has 0 saturated carbocycles. The number of carbonyl (C=O) groups excluding carboxylic acids is 1. The summed E-state index contributed by atoms with van der Waals surface area (Å²) in [5, 5.41) is 3.42. The van der Waals surface area contributed by atoms with Gasteiger partial charge in [-0.15, -0.1) is 0 Å². The third kappa shape index (κ3) is 4.30. The second kappa shape index (κ2) is 7.00. The third-order valence-corrected chi connectivity index (χ3v) is 3.79. The van der Waals surface area contributed by atoms with Crippen LogP contribution in [0.3, 0.4) is 0 Å². The highest BCUT2D eigenvalue weighted by Gasteiger charge is 2.25. The van der Waals surface area contributed by atoms with Crippen molar-refractivity contribution in [3.63, 3.8) is 0 Å². The van der Waals surface area contributed by atoms with Crippen LogP contribution in [0.25, 0.3) is 0 Å². The van der Waals surface area contributed by atoms with Gasteiger partial charge in [0.1, 0.15) is 0 Å². The lowest BCUT2D eigenvalue weighted by Crippen LogP contribution is -2.46. The largest absolute Gasteiger partial charge is 0.340 e. The van der Waals surface area contributed by atoms with Gasteiger partial charge in [-0.25, -0.2) is 0 Å². The Balaban J connectivity index is 2.55. The van der Waals surface area contributed by atoms with E-state index in [0.717, 1.165) is 26.1 Å². The molecule has 0 aromatic heterocycles. The Morgan fingerprint density at radius 1 is 1.41 bits per heavy atom. The molecule has 0 aromatic carbocycles. The molecule has 1 N–H and O–H groups in total. The molecule has 1 saturated heterocycles. The summed E-state index contributed by atoms with van der Waals surface area (Å²) in [5.74, 6) is 1.13. The van der Waals surface area contributed by atoms with E-state index in [-0.39, 0.29) is 5.92 Å². The zero-order valence-electron chi connectivity index (χ0n) is 11.8. The van der Waals surface area contributed by atoms with Gasteiger partial charge in [0, 0.05) is 18.5 Å². The van der Waals surface area contributed by atoms with Crippen LogP contribution < -0.4 is 5.32 Å². The Morgan fingerprint density at radius 2 is 2.12 bits per heavy atom. The summed E-state index contributed by atoms with van der Waals surface area (Å²) in [7, 11) is 0. The highest BCUT2D eigenvalue weighted by Crippen LogP contribution is 2.16. The minimum Gasteiger partial charge on any atom is -0.340 e. The van der Waals surface area contributed by atoms with Crippen LogP contribution in [0.2, 0.25) is 0 Å². The van der Waals surface area contributed by atoms with Crippen LogP contribution in [0.1, 0.15) is 47.0 Å². The number of nitrogens with zero attached hydrogens (tertiary/aromatic N) is 1. The Labute approximate surface area is 106 Å². The molecule has 0 bridgehead atoms. The van der Waals surface area contributed by atoms with Gasteiger partial charge in [-0.1, -0.05) is 13.8 Å². The topological polar surface area (TPSA) is 32.3 Å². The molecule has 1 rings (SSSR count). The van der Waals surface area contributed by atoms with Crippen molar-refractivity contribution >= 4 is 5.91 Å². The molecule has 100 valence electrons. The average Bonchev–Trinajstić information content (AvgIpc) is 2.35. The van der Waals surface area contributed by atoms with E-state index in [2.05, 4.69) is 31.0 Å². The lowest BCUT2D eigenvalue weighted by atomic mass is 9.97. The van der Waals surface area contributed by atoms with Gasteiger partial charge in [-0.3, -0.25) is 4.79 Å². The molecule has 3 nitrogen and oxygen atoms in total. The van der Waals surface area contributed by atoms with E-state index in [1.165, 1.54) is 12.8 Å². The van der Waals surface area contributed by atoms with Crippen molar-refractivity contribution in [2.24, 2.45) is 11.8 Å². The molecule has 1 aliphatic heterocycles. The predicted molar refractivity (Wildman–Crippen MR) is 71.9 cm³/mol. The molecule has 17 heavy (non-hydrogen) atoms. The molecular formula is C14H28N2O. The monoisotopic (exact) mass is 240 g/mol. The molecule has 1 aliphatic rings. The second-order valence-electron chi connectivity index (χ2n) is 5.61. The van der Waals surface area contributed by atoms with Crippen molar-refractivity contribution in [1.29, 1.82) is 0 Å². The minimum atomic E-state index is 0.161. The van der Waals surface area contributed by atoms with E-state index in [0.29, 0.717) is 17.9 Å². The quantitative estimate of drug-likeness (QED) is 0.799. The standard InChI is InChI=1S/C14H28N2O/c1-5-12(4)14(17)16(11(2)3)10-13-7-6-8-15-9-13/h11-13,15H,5-10H2,1-4H3. The number of piperidine rings is 1. The first-order chi connectivity index (χ1) is 8.06. The van der Waals surface area contributed by atoms with E-state index >= 15 is 0 Å². The fourth-order valence-electron chi connectivity index (χ4n) is 2.37. The maximum Gasteiger partial charge on any atom is 0.225 e. The van der Waals surface area contributed by atoms with Gasteiger partial charge < -0.3 is 10.2 Å². The molecule has 2 unspecified atom stereocenters. The lowest BCUT2D eigenvalue weighted by molar-refractivity contribution is -0.137. The van der Waals surface area contributed by atoms with Gasteiger partial charge in [-0.2, -0.15) is 0 Å². The smallest absolute Gasteiger partial charge is 0.225 e. The molecule has 1 heterocycles. The number of rotatable bonds is 5. The summed E-state index contributed by atoms with van der Waals surface area (Å²) in [6.07, 6.45) is 3.43. The van der Waals surface area contributed by atoms with Gasteiger partial charge in [0.25, 0.3) is 0 Å². The fraction of sp³-hybridized carbons (Fsp3) is 0.929. The third-order valence-electron chi connectivity index (χ3n) is 3.79. The molecule has 2 atom stereocenters. The molecule has 1 fully saturated rings. The molecule has 0 aliphatic carbocycles. The van der Waals surface area contributed by atoms with Crippen LogP contribution in [-0.2, 0) is 4.79 Å². The molecule has 0 aromatic rings. The maximum absolute atomic E-state index is 12.3. The first kappa shape index (κ1) is 14.5. The second-order valence-corrected chi connectivity index (χ2v) is 5.61. The first-order valence-corrected chi connectivity index (χ1v) is 7.07. The Bertz CT molecular complexity index is 234. The van der Waals surface area contributed by atoms with E-state index in [4.69, 9.17) is 0 Å². The Morgan fingerprint density at radius 3 is 2.59 bits per heavy atom. The van der Waals surface area contributed by atoms with Crippen LogP contribution in [0.4, 0.5) is 0 Å². The van der Waals surface area contributed by atoms with Crippen molar-refractivity contribution in [1.82, 2.24) is 10.2 Å². The summed E-state index contributed by atoms with van der Waals surface area (Å²) >= 11 is 0. The fourth-order valence-corrected chi connectivity index (χ4v) is 2.37. The summed E-state index contributed by atoms with van der Waals surface area (Å²) < 4.78 is 0. The van der Waals surface area contributed by atoms with E-state index in [1.807, 2.05) is 6.92 Å². The summed E-state index contributed by atoms with van der Waals surface area (Å²) in [6, 6.07) is 0.318. The number of hydrogen-bond acceptors (Lipinski definition) is 2. The molecular weight excluding hydrogens is 212 g/mol. The number of nitrogens with one attached hydrogen (secondary N) is 1. The molecule has 3 heteroatoms. The van der Waals surface area contributed by atoms with E-state index < -0.39 is 0 Å². The van der Waals surface area contributed by atoms with Crippen LogP contribution in [0, 0.1) is 11.8 Å². The van der Waals surface area contributed by atoms with Crippen molar-refractivity contribution in [3.05, 3.63) is 0 Å². The highest BCUT2D eigenvalue weighted by atomic mass is 16.2. The number of carbonyl (C=O) groups is 1. The van der Waals surface area contributed by atoms with Crippen LogP contribution in [0.5, 0.6) is 0 Å². The SMILES string of the molecule is CCC(C)C(=O)N(CC1CCCNC1)C(C)C. The predicted octanol–water partition coefficient (Wildman–Crippen LogP) is 2.27. The van der Waals surface area contributed by atoms with Gasteiger partial charge in [0.05, 0.1) is 0 Å². The van der Waals surface area contributed by atoms with Gasteiger partial charge in [-0.05, 0) is 52.1 Å². The van der Waals surface area contributed by atoms with Crippen LogP contribution in [0.15, 0.2) is 0 Å². The lowest BCUT2D eigenvalue weighted by Gasteiger charge is -2.34. The Hall–Kier alpha value is -0.570. The van der Waals surface area contributed by atoms with E-state index in [9.17, 15) is 4.79 Å². The zero-order chi connectivity index (χ0) is 12.8. The van der Waals surface area contributed by atoms with Crippen molar-refractivity contribution in [2.45, 2.75) is 53.0 Å². The zero-order valence-corrected chi connectivity index (χ0v) is 11.8. The number of amides is 1. The molecule has 0 radical (unpaired) electrons. The maximum atomic E-state index is 12.3. The van der Waals surface area contributed by atoms with Crippen molar-refractivity contribution in [3.8, 4) is 0 Å². The first-order valence-electron chi connectivity index (χ1n) is 7.07. The van der Waals surface area contributed by atoms with Crippen LogP contribution in [-0.4, -0.2) is 36.5 Å². The van der Waals surface area contributed by atoms with E-state index in [1.54, 1.807) is 0 Å². The number of hydrogen-bond donors (Lipinski definition) is 1. The van der Waals surface area contributed by atoms with Gasteiger partial charge in [0.15, 0.2) is 0 Å². The highest BCUT2D eigenvalue weighted by molar-refractivity contribution is 5.78. The van der Waals surface area contributed by atoms with Crippen molar-refractivity contribution < 1.29 is 4.79 Å². The molecule has 0 spiro atoms. The summed E-state index contributed by atoms with van der Waals surface area (Å²) in [5.41, 5.74) is 0. The van der Waals surface area contributed by atoms with Gasteiger partial charge >= 0.3 is 0 Å². The minimum absolute atomic E-state index is 0.161. The normalized spacial score (nSPS) is 22.5. The van der Waals surface area contributed by atoms with Crippen LogP contribution >= 0.6 is 0 Å². The summed E-state index contributed by atoms with van der Waals surface area (Å²) in [4.78, 5) is 14.4. The van der Waals surface area contributed by atoms with Crippen molar-refractivity contribution in [2.75, 3.05) is 19.6 Å². The summed E-state index contributed by atoms with van der Waals surface area (Å²) in [6.45, 7) is 11.5. The van der Waals surface area contributed by atoms with Gasteiger partial charge in [0.2, 0.25) is 5.91 Å².